The maximum absolute atomic E-state index is 4.46. The normalized spacial score (nSPS) is 10.6. The molecule has 0 fully saturated rings. The fourth-order valence-corrected chi connectivity index (χ4v) is 1.47. The zero-order valence-electron chi connectivity index (χ0n) is 9.45. The van der Waals surface area contributed by atoms with Gasteiger partial charge in [0.1, 0.15) is 0 Å². The van der Waals surface area contributed by atoms with Crippen molar-refractivity contribution in [2.75, 3.05) is 0 Å². The van der Waals surface area contributed by atoms with Gasteiger partial charge in [0.05, 0.1) is 17.6 Å². The number of rotatable bonds is 4. The molecule has 2 heterocycles. The van der Waals surface area contributed by atoms with E-state index in [9.17, 15) is 0 Å². The molecule has 2 aromatic rings. The Morgan fingerprint density at radius 1 is 1.29 bits per heavy atom. The summed E-state index contributed by atoms with van der Waals surface area (Å²) < 4.78 is 1.78. The fraction of sp³-hybridized carbons (Fsp3) is 0. The Bertz CT molecular complexity index is 550. The van der Waals surface area contributed by atoms with Crippen LogP contribution in [0, 0.1) is 0 Å². The summed E-state index contributed by atoms with van der Waals surface area (Å²) >= 11 is 0. The first-order valence-corrected chi connectivity index (χ1v) is 5.27. The molecule has 0 atom stereocenters. The summed E-state index contributed by atoms with van der Waals surface area (Å²) in [6, 6.07) is 3.83. The van der Waals surface area contributed by atoms with Crippen LogP contribution < -0.4 is 0 Å². The predicted molar refractivity (Wildman–Crippen MR) is 70.7 cm³/mol. The summed E-state index contributed by atoms with van der Waals surface area (Å²) in [5, 5.41) is 4.46. The summed E-state index contributed by atoms with van der Waals surface area (Å²) in [5.74, 6) is 0. The predicted octanol–water partition coefficient (Wildman–Crippen LogP) is 3.11. The van der Waals surface area contributed by atoms with Crippen LogP contribution in [-0.2, 0) is 0 Å². The highest BCUT2D eigenvalue weighted by Crippen LogP contribution is 2.14. The van der Waals surface area contributed by atoms with Crippen molar-refractivity contribution in [3.63, 3.8) is 0 Å². The summed E-state index contributed by atoms with van der Waals surface area (Å²) in [6.45, 7) is 7.42. The molecule has 0 amide bonds. The van der Waals surface area contributed by atoms with Gasteiger partial charge in [0.25, 0.3) is 0 Å². The van der Waals surface area contributed by atoms with Crippen LogP contribution in [0.15, 0.2) is 56.0 Å². The third kappa shape index (κ3) is 2.39. The van der Waals surface area contributed by atoms with E-state index in [0.717, 1.165) is 16.9 Å². The molecule has 0 saturated heterocycles. The number of aromatic nitrogens is 3. The quantitative estimate of drug-likeness (QED) is 0.746. The minimum atomic E-state index is 0.865. The number of pyridine rings is 1. The lowest BCUT2D eigenvalue weighted by Gasteiger charge is -1.97. The second-order valence-electron chi connectivity index (χ2n) is 3.42. The van der Waals surface area contributed by atoms with Crippen molar-refractivity contribution in [3.8, 4) is 5.69 Å². The van der Waals surface area contributed by atoms with Crippen molar-refractivity contribution in [1.82, 2.24) is 14.8 Å². The highest BCUT2D eigenvalue weighted by atomic mass is 15.3. The van der Waals surface area contributed by atoms with Crippen LogP contribution in [0.1, 0.15) is 11.3 Å². The Labute approximate surface area is 100 Å². The van der Waals surface area contributed by atoms with Gasteiger partial charge in [-0.3, -0.25) is 4.98 Å². The number of hydrogen-bond donors (Lipinski definition) is 0. The van der Waals surface area contributed by atoms with Gasteiger partial charge in [-0.15, -0.1) is 0 Å². The standard InChI is InChI=1S/C14H13N3/c1-3-5-8-14-12(4-2)11-17(16-14)13-7-6-9-15-10-13/h3-11H,1-2H2/b8-5-. The van der Waals surface area contributed by atoms with Crippen LogP contribution >= 0.6 is 0 Å². The van der Waals surface area contributed by atoms with E-state index in [-0.39, 0.29) is 0 Å². The first-order chi connectivity index (χ1) is 8.35. The van der Waals surface area contributed by atoms with Gasteiger partial charge >= 0.3 is 0 Å². The molecular formula is C14H13N3. The molecule has 2 rings (SSSR count). The molecule has 84 valence electrons. The third-order valence-corrected chi connectivity index (χ3v) is 2.29. The second kappa shape index (κ2) is 5.07. The van der Waals surface area contributed by atoms with E-state index in [0.29, 0.717) is 0 Å². The van der Waals surface area contributed by atoms with E-state index in [1.165, 1.54) is 0 Å². The lowest BCUT2D eigenvalue weighted by molar-refractivity contribution is 0.869. The van der Waals surface area contributed by atoms with Gasteiger partial charge in [-0.25, -0.2) is 4.68 Å². The Balaban J connectivity index is 2.44. The van der Waals surface area contributed by atoms with E-state index in [1.54, 1.807) is 29.2 Å². The topological polar surface area (TPSA) is 30.7 Å². The first kappa shape index (κ1) is 11.1. The van der Waals surface area contributed by atoms with Crippen molar-refractivity contribution in [2.45, 2.75) is 0 Å². The summed E-state index contributed by atoms with van der Waals surface area (Å²) in [4.78, 5) is 4.07. The van der Waals surface area contributed by atoms with Crippen molar-refractivity contribution in [2.24, 2.45) is 0 Å². The van der Waals surface area contributed by atoms with Crippen LogP contribution in [0.4, 0.5) is 0 Å². The molecule has 0 aliphatic heterocycles. The molecule has 0 unspecified atom stereocenters. The monoisotopic (exact) mass is 223 g/mol. The Hall–Kier alpha value is -2.42. The maximum Gasteiger partial charge on any atom is 0.0927 e. The van der Waals surface area contributed by atoms with E-state index in [1.807, 2.05) is 30.5 Å². The Kier molecular flexibility index (Phi) is 3.31. The second-order valence-corrected chi connectivity index (χ2v) is 3.42. The molecular weight excluding hydrogens is 210 g/mol. The van der Waals surface area contributed by atoms with E-state index >= 15 is 0 Å². The van der Waals surface area contributed by atoms with Gasteiger partial charge in [0.2, 0.25) is 0 Å². The summed E-state index contributed by atoms with van der Waals surface area (Å²) in [7, 11) is 0. The van der Waals surface area contributed by atoms with Gasteiger partial charge in [0, 0.05) is 18.0 Å². The molecule has 3 heteroatoms. The lowest BCUT2D eigenvalue weighted by Crippen LogP contribution is -1.94. The Morgan fingerprint density at radius 3 is 2.82 bits per heavy atom. The van der Waals surface area contributed by atoms with Gasteiger partial charge in [0.15, 0.2) is 0 Å². The smallest absolute Gasteiger partial charge is 0.0927 e. The van der Waals surface area contributed by atoms with Crippen LogP contribution in [0.3, 0.4) is 0 Å². The first-order valence-electron chi connectivity index (χ1n) is 5.27. The number of nitrogens with zero attached hydrogens (tertiary/aromatic N) is 3. The SMILES string of the molecule is C=C/C=C\c1nn(-c2cccnc2)cc1C=C. The van der Waals surface area contributed by atoms with Gasteiger partial charge in [-0.2, -0.15) is 5.10 Å². The van der Waals surface area contributed by atoms with Crippen molar-refractivity contribution in [3.05, 3.63) is 67.3 Å². The molecule has 3 nitrogen and oxygen atoms in total. The molecule has 0 aliphatic carbocycles. The zero-order valence-corrected chi connectivity index (χ0v) is 9.45. The third-order valence-electron chi connectivity index (χ3n) is 2.29. The van der Waals surface area contributed by atoms with E-state index < -0.39 is 0 Å². The number of hydrogen-bond acceptors (Lipinski definition) is 2. The van der Waals surface area contributed by atoms with Crippen molar-refractivity contribution in [1.29, 1.82) is 0 Å². The van der Waals surface area contributed by atoms with Crippen molar-refractivity contribution < 1.29 is 0 Å². The lowest BCUT2D eigenvalue weighted by atomic mass is 10.2. The van der Waals surface area contributed by atoms with Gasteiger partial charge in [-0.1, -0.05) is 31.4 Å². The summed E-state index contributed by atoms with van der Waals surface area (Å²) in [5.41, 5.74) is 2.77. The molecule has 0 spiro atoms. The molecule has 0 bridgehead atoms. The highest BCUT2D eigenvalue weighted by molar-refractivity contribution is 5.62. The molecule has 2 aromatic heterocycles. The minimum Gasteiger partial charge on any atom is -0.262 e. The molecule has 17 heavy (non-hydrogen) atoms. The molecule has 0 aliphatic rings. The Morgan fingerprint density at radius 2 is 2.18 bits per heavy atom. The van der Waals surface area contributed by atoms with E-state index in [4.69, 9.17) is 0 Å². The highest BCUT2D eigenvalue weighted by Gasteiger charge is 2.04. The molecule has 0 saturated carbocycles. The molecule has 0 radical (unpaired) electrons. The van der Waals surface area contributed by atoms with E-state index in [2.05, 4.69) is 23.2 Å². The summed E-state index contributed by atoms with van der Waals surface area (Å²) in [6.07, 6.45) is 12.7. The maximum atomic E-state index is 4.46. The largest absolute Gasteiger partial charge is 0.262 e. The van der Waals surface area contributed by atoms with Crippen LogP contribution in [0.5, 0.6) is 0 Å². The van der Waals surface area contributed by atoms with Crippen LogP contribution in [0.2, 0.25) is 0 Å². The van der Waals surface area contributed by atoms with Crippen LogP contribution in [0.25, 0.3) is 17.8 Å². The molecule has 0 aromatic carbocycles. The van der Waals surface area contributed by atoms with Crippen molar-refractivity contribution >= 4 is 12.2 Å². The van der Waals surface area contributed by atoms with Gasteiger partial charge < -0.3 is 0 Å². The average Bonchev–Trinajstić information content (AvgIpc) is 2.80. The molecule has 0 N–H and O–H groups in total. The average molecular weight is 223 g/mol. The fourth-order valence-electron chi connectivity index (χ4n) is 1.47. The minimum absolute atomic E-state index is 0.865. The zero-order chi connectivity index (χ0) is 12.1. The van der Waals surface area contributed by atoms with Gasteiger partial charge in [-0.05, 0) is 18.2 Å². The van der Waals surface area contributed by atoms with Crippen LogP contribution in [-0.4, -0.2) is 14.8 Å². The number of allylic oxidation sites excluding steroid dienone is 2.